The van der Waals surface area contributed by atoms with E-state index in [1.54, 1.807) is 6.92 Å². The van der Waals surface area contributed by atoms with E-state index in [0.717, 1.165) is 0 Å². The summed E-state index contributed by atoms with van der Waals surface area (Å²) in [5, 5.41) is 17.6. The predicted molar refractivity (Wildman–Crippen MR) is 43.5 cm³/mol. The molecule has 1 aromatic heterocycles. The Hall–Kier alpha value is -0.935. The molecule has 1 aromatic rings. The Bertz CT molecular complexity index is 304. The molecule has 2 N–H and O–H groups in total. The van der Waals surface area contributed by atoms with Gasteiger partial charge in [-0.1, -0.05) is 0 Å². The summed E-state index contributed by atoms with van der Waals surface area (Å²) in [6.07, 6.45) is 0. The van der Waals surface area contributed by atoms with E-state index in [-0.39, 0.29) is 11.0 Å². The van der Waals surface area contributed by atoms with Gasteiger partial charge in [-0.3, -0.25) is 0 Å². The Balaban J connectivity index is 3.28. The number of rotatable bonds is 1. The van der Waals surface area contributed by atoms with Crippen molar-refractivity contribution in [2.75, 3.05) is 0 Å². The molecule has 0 atom stereocenters. The van der Waals surface area contributed by atoms with E-state index in [9.17, 15) is 4.39 Å². The van der Waals surface area contributed by atoms with Crippen LogP contribution in [0.15, 0.2) is 6.07 Å². The fourth-order valence-corrected chi connectivity index (χ4v) is 0.992. The lowest BCUT2D eigenvalue weighted by Crippen LogP contribution is -2.33. The van der Waals surface area contributed by atoms with Gasteiger partial charge in [0, 0.05) is 11.3 Å². The van der Waals surface area contributed by atoms with Gasteiger partial charge in [-0.15, -0.1) is 0 Å². The summed E-state index contributed by atoms with van der Waals surface area (Å²) in [5.41, 5.74) is 0.775. The lowest BCUT2D eigenvalue weighted by atomic mass is 9.77. The third kappa shape index (κ3) is 1.62. The molecule has 0 saturated heterocycles. The largest absolute Gasteiger partial charge is 0.488 e. The minimum Gasteiger partial charge on any atom is -0.423 e. The minimum atomic E-state index is -1.64. The molecule has 0 aliphatic heterocycles. The molecule has 0 amide bonds. The molecule has 1 rings (SSSR count). The Kier molecular flexibility index (Phi) is 2.44. The Labute approximate surface area is 70.0 Å². The van der Waals surface area contributed by atoms with E-state index in [2.05, 4.69) is 4.98 Å². The highest BCUT2D eigenvalue weighted by atomic mass is 19.1. The summed E-state index contributed by atoms with van der Waals surface area (Å²) >= 11 is 0. The molecular weight excluding hydrogens is 160 g/mol. The summed E-state index contributed by atoms with van der Waals surface area (Å²) in [4.78, 5) is 3.53. The average molecular weight is 169 g/mol. The quantitative estimate of drug-likeness (QED) is 0.440. The molecule has 5 heteroatoms. The highest BCUT2D eigenvalue weighted by Crippen LogP contribution is 2.01. The molecule has 1 heterocycles. The van der Waals surface area contributed by atoms with E-state index >= 15 is 0 Å². The van der Waals surface area contributed by atoms with Crippen LogP contribution < -0.4 is 5.46 Å². The van der Waals surface area contributed by atoms with E-state index in [0.29, 0.717) is 5.69 Å². The van der Waals surface area contributed by atoms with E-state index in [1.807, 2.05) is 0 Å². The van der Waals surface area contributed by atoms with Gasteiger partial charge in [0.25, 0.3) is 0 Å². The van der Waals surface area contributed by atoms with Gasteiger partial charge in [0.05, 0.1) is 0 Å². The first-order valence-electron chi connectivity index (χ1n) is 3.52. The molecule has 3 nitrogen and oxygen atoms in total. The summed E-state index contributed by atoms with van der Waals surface area (Å²) in [6, 6.07) is 1.45. The first kappa shape index (κ1) is 9.16. The molecule has 0 bridgehead atoms. The number of pyridine rings is 1. The maximum Gasteiger partial charge on any atom is 0.488 e. The summed E-state index contributed by atoms with van der Waals surface area (Å²) in [7, 11) is -1.64. The third-order valence-electron chi connectivity index (χ3n) is 1.66. The average Bonchev–Trinajstić information content (AvgIpc) is 1.96. The summed E-state index contributed by atoms with van der Waals surface area (Å²) in [6.45, 7) is 3.05. The Morgan fingerprint density at radius 1 is 1.42 bits per heavy atom. The fourth-order valence-electron chi connectivity index (χ4n) is 0.992. The lowest BCUT2D eigenvalue weighted by Gasteiger charge is -2.05. The van der Waals surface area contributed by atoms with Crippen molar-refractivity contribution in [1.29, 1.82) is 0 Å². The van der Waals surface area contributed by atoms with Crippen LogP contribution in [-0.2, 0) is 0 Å². The van der Waals surface area contributed by atoms with Crippen LogP contribution in [0.4, 0.5) is 4.39 Å². The van der Waals surface area contributed by atoms with Crippen molar-refractivity contribution in [2.24, 2.45) is 0 Å². The maximum absolute atomic E-state index is 12.9. The molecule has 0 unspecified atom stereocenters. The number of hydrogen-bond donors (Lipinski definition) is 2. The molecule has 12 heavy (non-hydrogen) atoms. The van der Waals surface area contributed by atoms with Crippen LogP contribution >= 0.6 is 0 Å². The SMILES string of the molecule is Cc1cc(B(O)O)c(C)c(F)n1. The van der Waals surface area contributed by atoms with Crippen molar-refractivity contribution in [3.8, 4) is 0 Å². The van der Waals surface area contributed by atoms with Crippen molar-refractivity contribution in [3.63, 3.8) is 0 Å². The lowest BCUT2D eigenvalue weighted by molar-refractivity contribution is 0.424. The highest BCUT2D eigenvalue weighted by molar-refractivity contribution is 6.59. The second-order valence-corrected chi connectivity index (χ2v) is 2.64. The number of halogens is 1. The van der Waals surface area contributed by atoms with Crippen LogP contribution in [-0.4, -0.2) is 22.2 Å². The second-order valence-electron chi connectivity index (χ2n) is 2.64. The first-order chi connectivity index (χ1) is 5.52. The Morgan fingerprint density at radius 3 is 2.50 bits per heavy atom. The third-order valence-corrected chi connectivity index (χ3v) is 1.66. The smallest absolute Gasteiger partial charge is 0.423 e. The number of hydrogen-bond acceptors (Lipinski definition) is 3. The van der Waals surface area contributed by atoms with Crippen molar-refractivity contribution in [3.05, 3.63) is 23.3 Å². The van der Waals surface area contributed by atoms with E-state index in [4.69, 9.17) is 10.0 Å². The maximum atomic E-state index is 12.9. The molecule has 0 radical (unpaired) electrons. The zero-order valence-electron chi connectivity index (χ0n) is 6.87. The van der Waals surface area contributed by atoms with Crippen LogP contribution in [0.5, 0.6) is 0 Å². The van der Waals surface area contributed by atoms with Crippen molar-refractivity contribution < 1.29 is 14.4 Å². The zero-order valence-corrected chi connectivity index (χ0v) is 6.87. The molecule has 64 valence electrons. The summed E-state index contributed by atoms with van der Waals surface area (Å²) in [5.74, 6) is -0.655. The monoisotopic (exact) mass is 169 g/mol. The number of aromatic nitrogens is 1. The normalized spacial score (nSPS) is 10.1. The van der Waals surface area contributed by atoms with Gasteiger partial charge in [0.2, 0.25) is 5.95 Å². The zero-order chi connectivity index (χ0) is 9.30. The second kappa shape index (κ2) is 3.20. The van der Waals surface area contributed by atoms with Crippen LogP contribution in [0.3, 0.4) is 0 Å². The van der Waals surface area contributed by atoms with Crippen LogP contribution in [0.2, 0.25) is 0 Å². The van der Waals surface area contributed by atoms with Crippen molar-refractivity contribution in [1.82, 2.24) is 4.98 Å². The molecule has 0 aliphatic rings. The molecule has 0 saturated carbocycles. The van der Waals surface area contributed by atoms with Crippen molar-refractivity contribution >= 4 is 12.6 Å². The van der Waals surface area contributed by atoms with Gasteiger partial charge >= 0.3 is 7.12 Å². The van der Waals surface area contributed by atoms with Crippen LogP contribution in [0.25, 0.3) is 0 Å². The molecule has 0 spiro atoms. The molecular formula is C7H9BFNO2. The fraction of sp³-hybridized carbons (Fsp3) is 0.286. The van der Waals surface area contributed by atoms with Gasteiger partial charge in [0.15, 0.2) is 0 Å². The molecule has 0 fully saturated rings. The highest BCUT2D eigenvalue weighted by Gasteiger charge is 2.17. The van der Waals surface area contributed by atoms with Gasteiger partial charge < -0.3 is 10.0 Å². The van der Waals surface area contributed by atoms with Gasteiger partial charge in [0.1, 0.15) is 0 Å². The van der Waals surface area contributed by atoms with E-state index < -0.39 is 13.1 Å². The van der Waals surface area contributed by atoms with Crippen LogP contribution in [0, 0.1) is 19.8 Å². The number of aryl methyl sites for hydroxylation is 1. The van der Waals surface area contributed by atoms with Crippen LogP contribution in [0.1, 0.15) is 11.3 Å². The number of nitrogens with zero attached hydrogens (tertiary/aromatic N) is 1. The first-order valence-corrected chi connectivity index (χ1v) is 3.52. The van der Waals surface area contributed by atoms with E-state index in [1.165, 1.54) is 13.0 Å². The predicted octanol–water partition coefficient (Wildman–Crippen LogP) is -0.483. The van der Waals surface area contributed by atoms with Gasteiger partial charge in [-0.2, -0.15) is 4.39 Å². The molecule has 0 aromatic carbocycles. The topological polar surface area (TPSA) is 53.4 Å². The minimum absolute atomic E-state index is 0.167. The van der Waals surface area contributed by atoms with Gasteiger partial charge in [-0.05, 0) is 25.4 Å². The molecule has 0 aliphatic carbocycles. The standard InChI is InChI=1S/C7H9BFNO2/c1-4-3-6(8(11)12)5(2)7(9)10-4/h3,11-12H,1-2H3. The summed E-state index contributed by atoms with van der Waals surface area (Å²) < 4.78 is 12.9. The van der Waals surface area contributed by atoms with Crippen molar-refractivity contribution in [2.45, 2.75) is 13.8 Å². The Morgan fingerprint density at radius 2 is 2.00 bits per heavy atom. The van der Waals surface area contributed by atoms with Gasteiger partial charge in [-0.25, -0.2) is 4.98 Å².